The maximum atomic E-state index is 14.1. The molecule has 0 saturated heterocycles. The number of hydrogen-bond donors (Lipinski definition) is 0. The van der Waals surface area contributed by atoms with Crippen LogP contribution in [0.25, 0.3) is 0 Å². The Bertz CT molecular complexity index is 657. The largest absolute Gasteiger partial charge is 0.496 e. The molecule has 2 aromatic carbocycles. The Morgan fingerprint density at radius 2 is 2.14 bits per heavy atom. The van der Waals surface area contributed by atoms with Crippen molar-refractivity contribution in [2.24, 2.45) is 0 Å². The van der Waals surface area contributed by atoms with Gasteiger partial charge in [-0.2, -0.15) is 0 Å². The molecule has 0 bridgehead atoms. The summed E-state index contributed by atoms with van der Waals surface area (Å²) in [4.78, 5) is 0. The van der Waals surface area contributed by atoms with E-state index in [9.17, 15) is 4.39 Å². The number of fused-ring (bicyclic) bond motifs is 1. The van der Waals surface area contributed by atoms with Gasteiger partial charge in [0.2, 0.25) is 0 Å². The van der Waals surface area contributed by atoms with Crippen LogP contribution in [-0.2, 0) is 6.42 Å². The van der Waals surface area contributed by atoms with Crippen LogP contribution >= 0.6 is 11.6 Å². The van der Waals surface area contributed by atoms with Crippen molar-refractivity contribution in [1.82, 2.24) is 0 Å². The number of methoxy groups -OCH3 is 1. The Morgan fingerprint density at radius 3 is 2.95 bits per heavy atom. The lowest BCUT2D eigenvalue weighted by molar-refractivity contribution is 0.288. The van der Waals surface area contributed by atoms with Crippen LogP contribution in [0.1, 0.15) is 28.5 Å². The van der Waals surface area contributed by atoms with Gasteiger partial charge in [-0.3, -0.25) is 0 Å². The lowest BCUT2D eigenvalue weighted by atomic mass is 9.98. The van der Waals surface area contributed by atoms with Gasteiger partial charge < -0.3 is 9.47 Å². The van der Waals surface area contributed by atoms with E-state index in [1.807, 2.05) is 18.2 Å². The fourth-order valence-corrected chi connectivity index (χ4v) is 2.99. The third-order valence-corrected chi connectivity index (χ3v) is 4.18. The molecule has 3 rings (SSSR count). The Balaban J connectivity index is 2.01. The summed E-state index contributed by atoms with van der Waals surface area (Å²) in [6.07, 6.45) is 1.95. The average molecular weight is 307 g/mol. The molecule has 21 heavy (non-hydrogen) atoms. The molecule has 1 aliphatic heterocycles. The van der Waals surface area contributed by atoms with Gasteiger partial charge in [-0.25, -0.2) is 4.39 Å². The minimum Gasteiger partial charge on any atom is -0.496 e. The summed E-state index contributed by atoms with van der Waals surface area (Å²) in [6.45, 7) is 0.748. The molecule has 0 amide bonds. The number of halogens is 2. The molecule has 0 fully saturated rings. The van der Waals surface area contributed by atoms with E-state index in [0.29, 0.717) is 11.3 Å². The van der Waals surface area contributed by atoms with Gasteiger partial charge in [0.05, 0.1) is 24.7 Å². The fourth-order valence-electron chi connectivity index (χ4n) is 2.65. The number of rotatable bonds is 3. The monoisotopic (exact) mass is 306 g/mol. The number of hydrogen-bond acceptors (Lipinski definition) is 2. The number of ether oxygens (including phenoxy) is 2. The number of benzene rings is 2. The first-order valence-electron chi connectivity index (χ1n) is 6.93. The molecule has 0 N–H and O–H groups in total. The lowest BCUT2D eigenvalue weighted by Crippen LogP contribution is -2.09. The normalized spacial score (nSPS) is 15.0. The molecular weight excluding hydrogens is 291 g/mol. The number of alkyl halides is 1. The van der Waals surface area contributed by atoms with Gasteiger partial charge in [0.25, 0.3) is 0 Å². The molecule has 2 aromatic rings. The van der Waals surface area contributed by atoms with Crippen molar-refractivity contribution < 1.29 is 13.9 Å². The highest BCUT2D eigenvalue weighted by Crippen LogP contribution is 2.38. The van der Waals surface area contributed by atoms with Crippen molar-refractivity contribution in [2.75, 3.05) is 13.7 Å². The molecule has 2 nitrogen and oxygen atoms in total. The summed E-state index contributed by atoms with van der Waals surface area (Å²) in [7, 11) is 1.52. The van der Waals surface area contributed by atoms with Crippen LogP contribution in [-0.4, -0.2) is 13.7 Å². The van der Waals surface area contributed by atoms with Gasteiger partial charge >= 0.3 is 0 Å². The molecule has 1 atom stereocenters. The predicted octanol–water partition coefficient (Wildman–Crippen LogP) is 4.49. The van der Waals surface area contributed by atoms with Crippen molar-refractivity contribution >= 4 is 11.6 Å². The van der Waals surface area contributed by atoms with E-state index in [4.69, 9.17) is 21.1 Å². The van der Waals surface area contributed by atoms with E-state index in [-0.39, 0.29) is 5.82 Å². The average Bonchev–Trinajstić information content (AvgIpc) is 2.53. The van der Waals surface area contributed by atoms with Crippen molar-refractivity contribution in [2.45, 2.75) is 18.2 Å². The molecular formula is C17H16ClFO2. The van der Waals surface area contributed by atoms with Crippen molar-refractivity contribution in [3.05, 3.63) is 58.9 Å². The molecule has 0 saturated carbocycles. The molecule has 1 unspecified atom stereocenters. The first kappa shape index (κ1) is 14.2. The van der Waals surface area contributed by atoms with Crippen molar-refractivity contribution in [3.8, 4) is 11.5 Å². The van der Waals surface area contributed by atoms with E-state index >= 15 is 0 Å². The zero-order valence-electron chi connectivity index (χ0n) is 11.7. The van der Waals surface area contributed by atoms with E-state index < -0.39 is 5.38 Å². The third kappa shape index (κ3) is 2.70. The summed E-state index contributed by atoms with van der Waals surface area (Å²) in [5.74, 6) is 1.00. The van der Waals surface area contributed by atoms with Crippen molar-refractivity contribution in [3.63, 3.8) is 0 Å². The van der Waals surface area contributed by atoms with Crippen LogP contribution in [0.3, 0.4) is 0 Å². The van der Waals surface area contributed by atoms with Gasteiger partial charge in [0.1, 0.15) is 17.3 Å². The van der Waals surface area contributed by atoms with Crippen LogP contribution in [0, 0.1) is 5.82 Å². The molecule has 1 heterocycles. The van der Waals surface area contributed by atoms with Gasteiger partial charge in [-0.15, -0.1) is 11.6 Å². The number of aryl methyl sites for hydroxylation is 1. The zero-order valence-corrected chi connectivity index (χ0v) is 12.5. The standard InChI is InChI=1S/C17H16ClFO2/c1-20-15-6-2-5-13(19)16(15)17(18)12-7-8-14-11(10-12)4-3-9-21-14/h2,5-8,10,17H,3-4,9H2,1H3. The summed E-state index contributed by atoms with van der Waals surface area (Å²) in [6, 6.07) is 10.5. The second-order valence-corrected chi connectivity index (χ2v) is 5.47. The van der Waals surface area contributed by atoms with Crippen molar-refractivity contribution in [1.29, 1.82) is 0 Å². The topological polar surface area (TPSA) is 18.5 Å². The highest BCUT2D eigenvalue weighted by molar-refractivity contribution is 6.22. The van der Waals surface area contributed by atoms with Crippen LogP contribution in [0.4, 0.5) is 4.39 Å². The second-order valence-electron chi connectivity index (χ2n) is 5.04. The maximum absolute atomic E-state index is 14.1. The molecule has 0 aliphatic carbocycles. The molecule has 110 valence electrons. The molecule has 0 spiro atoms. The SMILES string of the molecule is COc1cccc(F)c1C(Cl)c1ccc2c(c1)CCCO2. The van der Waals surface area contributed by atoms with E-state index in [1.165, 1.54) is 13.2 Å². The van der Waals surface area contributed by atoms with Crippen LogP contribution in [0.2, 0.25) is 0 Å². The minimum absolute atomic E-state index is 0.358. The maximum Gasteiger partial charge on any atom is 0.131 e. The summed E-state index contributed by atoms with van der Waals surface area (Å²) in [5, 5.41) is -0.589. The fraction of sp³-hybridized carbons (Fsp3) is 0.294. The highest BCUT2D eigenvalue weighted by atomic mass is 35.5. The lowest BCUT2D eigenvalue weighted by Gasteiger charge is -2.20. The smallest absolute Gasteiger partial charge is 0.131 e. The van der Waals surface area contributed by atoms with E-state index in [2.05, 4.69) is 0 Å². The van der Waals surface area contributed by atoms with Crippen LogP contribution in [0.15, 0.2) is 36.4 Å². The molecule has 0 radical (unpaired) electrons. The molecule has 0 aromatic heterocycles. The second kappa shape index (κ2) is 5.94. The first-order chi connectivity index (χ1) is 10.2. The van der Waals surface area contributed by atoms with Crippen LogP contribution < -0.4 is 9.47 Å². The Labute approximate surface area is 128 Å². The summed E-state index contributed by atoms with van der Waals surface area (Å²) in [5.41, 5.74) is 2.35. The van der Waals surface area contributed by atoms with E-state index in [1.54, 1.807) is 12.1 Å². The molecule has 1 aliphatic rings. The zero-order chi connectivity index (χ0) is 14.8. The van der Waals surface area contributed by atoms with E-state index in [0.717, 1.165) is 36.3 Å². The van der Waals surface area contributed by atoms with Gasteiger partial charge in [0.15, 0.2) is 0 Å². The predicted molar refractivity (Wildman–Crippen MR) is 80.9 cm³/mol. The molecule has 4 heteroatoms. The van der Waals surface area contributed by atoms with Gasteiger partial charge in [-0.05, 0) is 42.2 Å². The summed E-state index contributed by atoms with van der Waals surface area (Å²) >= 11 is 6.50. The quantitative estimate of drug-likeness (QED) is 0.778. The van der Waals surface area contributed by atoms with Gasteiger partial charge in [0, 0.05) is 0 Å². The Kier molecular flexibility index (Phi) is 4.02. The summed E-state index contributed by atoms with van der Waals surface area (Å²) < 4.78 is 24.9. The first-order valence-corrected chi connectivity index (χ1v) is 7.36. The third-order valence-electron chi connectivity index (χ3n) is 3.71. The minimum atomic E-state index is -0.589. The van der Waals surface area contributed by atoms with Crippen LogP contribution in [0.5, 0.6) is 11.5 Å². The van der Waals surface area contributed by atoms with Gasteiger partial charge in [-0.1, -0.05) is 18.2 Å². The Hall–Kier alpha value is -1.74. The Morgan fingerprint density at radius 1 is 1.29 bits per heavy atom. The highest BCUT2D eigenvalue weighted by Gasteiger charge is 2.21.